The van der Waals surface area contributed by atoms with Crippen molar-refractivity contribution in [3.63, 3.8) is 0 Å². The van der Waals surface area contributed by atoms with E-state index in [2.05, 4.69) is 225 Å². The molecule has 3 heterocycles. The van der Waals surface area contributed by atoms with Gasteiger partial charge in [-0.2, -0.15) is 12.1 Å². The number of rotatable bonds is 7. The summed E-state index contributed by atoms with van der Waals surface area (Å²) in [5, 5.41) is 2.22. The van der Waals surface area contributed by atoms with Crippen molar-refractivity contribution in [1.29, 1.82) is 0 Å². The molecule has 1 aliphatic rings. The third-order valence-electron chi connectivity index (χ3n) is 12.5. The van der Waals surface area contributed by atoms with Gasteiger partial charge in [-0.05, 0) is 91.9 Å². The molecule has 64 heavy (non-hydrogen) atoms. The van der Waals surface area contributed by atoms with Crippen molar-refractivity contribution in [2.45, 2.75) is 97.8 Å². The van der Waals surface area contributed by atoms with E-state index in [9.17, 15) is 0 Å². The minimum absolute atomic E-state index is 0. The van der Waals surface area contributed by atoms with Crippen molar-refractivity contribution in [3.8, 4) is 17.3 Å². The van der Waals surface area contributed by atoms with Crippen LogP contribution in [0.2, 0.25) is 0 Å². The average molecular weight is 1200 g/mol. The molecule has 0 atom stereocenters. The van der Waals surface area contributed by atoms with Crippen LogP contribution in [0.3, 0.4) is 0 Å². The van der Waals surface area contributed by atoms with Gasteiger partial charge in [0.2, 0.25) is 0 Å². The number of pyridine rings is 1. The molecule has 0 radical (unpaired) electrons. The number of nitrogens with zero attached hydrogens (tertiary/aromatic N) is 4. The van der Waals surface area contributed by atoms with Crippen LogP contribution >= 0.6 is 0 Å². The van der Waals surface area contributed by atoms with Gasteiger partial charge in [0.05, 0.1) is 0 Å². The summed E-state index contributed by atoms with van der Waals surface area (Å²) < 4.78 is 8.86. The number of ether oxygens (including phenoxy) is 1. The molecule has 8 aromatic rings. The van der Waals surface area contributed by atoms with Crippen molar-refractivity contribution < 1.29 is 46.9 Å². The molecular formula is C57H57N4OPt2-3. The molecule has 0 saturated carbocycles. The van der Waals surface area contributed by atoms with Gasteiger partial charge in [0.1, 0.15) is 5.82 Å². The Bertz CT molecular complexity index is 2930. The fourth-order valence-corrected chi connectivity index (χ4v) is 8.53. The molecule has 5 nitrogen and oxygen atoms in total. The first-order chi connectivity index (χ1) is 29.4. The summed E-state index contributed by atoms with van der Waals surface area (Å²) in [5.41, 5.74) is 12.4. The van der Waals surface area contributed by atoms with Gasteiger partial charge >= 0.3 is 0 Å². The molecule has 9 rings (SSSR count). The number of hydrogen-bond donors (Lipinski definition) is 0. The van der Waals surface area contributed by atoms with E-state index < -0.39 is 0 Å². The second kappa shape index (κ2) is 17.4. The Morgan fingerprint density at radius 2 is 1.09 bits per heavy atom. The minimum Gasteiger partial charge on any atom is -0.509 e. The van der Waals surface area contributed by atoms with Gasteiger partial charge in [-0.3, -0.25) is 0 Å². The summed E-state index contributed by atoms with van der Waals surface area (Å²) >= 11 is 0. The molecule has 0 N–H and O–H groups in total. The molecule has 7 heteroatoms. The van der Waals surface area contributed by atoms with E-state index in [-0.39, 0.29) is 63.8 Å². The zero-order valence-electron chi connectivity index (χ0n) is 38.7. The van der Waals surface area contributed by atoms with Gasteiger partial charge in [0, 0.05) is 87.8 Å². The Labute approximate surface area is 409 Å². The summed E-state index contributed by atoms with van der Waals surface area (Å²) in [6, 6.07) is 55.0. The monoisotopic (exact) mass is 1200 g/mol. The minimum atomic E-state index is -0.248. The Kier molecular flexibility index (Phi) is 12.8. The zero-order valence-corrected chi connectivity index (χ0v) is 43.2. The Hall–Kier alpha value is -4.95. The predicted octanol–water partition coefficient (Wildman–Crippen LogP) is 15.2. The average Bonchev–Trinajstić information content (AvgIpc) is 3.79. The number of para-hydroxylation sites is 3. The fraction of sp³-hybridized carbons (Fsp3) is 0.263. The largest absolute Gasteiger partial charge is 0.509 e. The maximum absolute atomic E-state index is 6.65. The van der Waals surface area contributed by atoms with E-state index in [0.29, 0.717) is 11.5 Å². The van der Waals surface area contributed by atoms with Gasteiger partial charge in [-0.15, -0.1) is 48.1 Å². The quantitative estimate of drug-likeness (QED) is 0.149. The van der Waals surface area contributed by atoms with Gasteiger partial charge < -0.3 is 19.1 Å². The molecule has 0 spiro atoms. The van der Waals surface area contributed by atoms with Gasteiger partial charge in [-0.1, -0.05) is 142 Å². The first kappa shape index (κ1) is 47.0. The standard InChI is InChI=1S/C57H57N4O.2Pt/c1-54(2,3)38-23-25-39(26-24-38)57(10,11)40-29-30-58-53(34-40)61-49-20-13-12-19-47(49)48-28-27-46(36-52(48)61)62-45-18-16-17-43(35-45)59-37-60(51-22-15-14-21-50(51)59)44-32-41(55(4,5)6)31-42(33-44)56(7,8)9;;/h12-34,37H,1-11H3;;/q-3;;. The molecule has 0 aliphatic carbocycles. The molecular weight excluding hydrogens is 1150 g/mol. The van der Waals surface area contributed by atoms with Crippen LogP contribution in [0.1, 0.15) is 104 Å². The van der Waals surface area contributed by atoms with Crippen molar-refractivity contribution in [1.82, 2.24) is 9.55 Å². The fourth-order valence-electron chi connectivity index (χ4n) is 8.53. The van der Waals surface area contributed by atoms with E-state index >= 15 is 0 Å². The molecule has 0 amide bonds. The third-order valence-corrected chi connectivity index (χ3v) is 12.5. The number of anilines is 4. The number of aromatic nitrogens is 2. The van der Waals surface area contributed by atoms with Crippen LogP contribution in [-0.2, 0) is 63.8 Å². The molecule has 334 valence electrons. The smallest absolute Gasteiger partial charge is 0.135 e. The summed E-state index contributed by atoms with van der Waals surface area (Å²) in [6.45, 7) is 27.2. The van der Waals surface area contributed by atoms with Gasteiger partial charge in [0.15, 0.2) is 0 Å². The molecule has 0 bridgehead atoms. The summed E-state index contributed by atoms with van der Waals surface area (Å²) in [5.74, 6) is 2.05. The number of hydrogen-bond acceptors (Lipinski definition) is 4. The zero-order chi connectivity index (χ0) is 43.8. The second-order valence-electron chi connectivity index (χ2n) is 20.4. The SMILES string of the molecule is CC(C)(C)c1ccc(C(C)(C)c2ccnc(-n3c4[c-]c(Oc5[c-]c(N6[CH-]N(c7cc(C(C)(C)C)cc(C(C)(C)C)c7)c7ccccc76)ccc5)ccc4c4ccccc43)c2)cc1.[Pt].[Pt]. The maximum Gasteiger partial charge on any atom is 0.135 e. The summed E-state index contributed by atoms with van der Waals surface area (Å²) in [4.78, 5) is 9.47. The van der Waals surface area contributed by atoms with Crippen LogP contribution in [0, 0.1) is 18.8 Å². The van der Waals surface area contributed by atoms with E-state index in [1.54, 1.807) is 0 Å². The van der Waals surface area contributed by atoms with E-state index in [1.807, 2.05) is 24.4 Å². The number of benzene rings is 6. The van der Waals surface area contributed by atoms with Crippen LogP contribution < -0.4 is 14.5 Å². The first-order valence-corrected chi connectivity index (χ1v) is 21.8. The molecule has 0 unspecified atom stereocenters. The molecule has 0 fully saturated rings. The molecule has 6 aromatic carbocycles. The topological polar surface area (TPSA) is 33.5 Å². The second-order valence-corrected chi connectivity index (χ2v) is 20.4. The summed E-state index contributed by atoms with van der Waals surface area (Å²) in [7, 11) is 0. The maximum atomic E-state index is 6.65. The van der Waals surface area contributed by atoms with Crippen LogP contribution in [0.25, 0.3) is 27.6 Å². The normalized spacial score (nSPS) is 13.2. The molecule has 1 aliphatic heterocycles. The van der Waals surface area contributed by atoms with Crippen molar-refractivity contribution in [3.05, 3.63) is 186 Å². The van der Waals surface area contributed by atoms with Crippen LogP contribution in [-0.4, -0.2) is 9.55 Å². The van der Waals surface area contributed by atoms with Crippen LogP contribution in [0.5, 0.6) is 11.5 Å². The van der Waals surface area contributed by atoms with Crippen molar-refractivity contribution in [2.24, 2.45) is 0 Å². The Morgan fingerprint density at radius 3 is 1.75 bits per heavy atom. The third kappa shape index (κ3) is 8.88. The van der Waals surface area contributed by atoms with Crippen molar-refractivity contribution in [2.75, 3.05) is 9.80 Å². The van der Waals surface area contributed by atoms with Gasteiger partial charge in [0.25, 0.3) is 0 Å². The van der Waals surface area contributed by atoms with Crippen molar-refractivity contribution >= 4 is 44.6 Å². The Balaban J connectivity index is 0.00000306. The van der Waals surface area contributed by atoms with E-state index in [1.165, 1.54) is 27.8 Å². The van der Waals surface area contributed by atoms with Gasteiger partial charge in [-0.25, -0.2) is 4.98 Å². The summed E-state index contributed by atoms with van der Waals surface area (Å²) in [6.07, 6.45) is 1.93. The molecule has 0 saturated heterocycles. The Morgan fingerprint density at radius 1 is 0.500 bits per heavy atom. The van der Waals surface area contributed by atoms with E-state index in [4.69, 9.17) is 9.72 Å². The first-order valence-electron chi connectivity index (χ1n) is 21.8. The number of fused-ring (bicyclic) bond motifs is 4. The predicted molar refractivity (Wildman–Crippen MR) is 259 cm³/mol. The van der Waals surface area contributed by atoms with E-state index in [0.717, 1.165) is 50.4 Å². The van der Waals surface area contributed by atoms with Crippen LogP contribution in [0.4, 0.5) is 22.7 Å². The molecule has 2 aromatic heterocycles. The van der Waals surface area contributed by atoms with Crippen LogP contribution in [0.15, 0.2) is 140 Å².